The fourth-order valence-electron chi connectivity index (χ4n) is 3.06. The topological polar surface area (TPSA) is 45.6 Å². The molecule has 0 spiro atoms. The number of ether oxygens (including phenoxy) is 1. The maximum atomic E-state index is 9.46. The summed E-state index contributed by atoms with van der Waals surface area (Å²) in [6.07, 6.45) is 3.63. The second kappa shape index (κ2) is 9.13. The molecule has 0 amide bonds. The van der Waals surface area contributed by atoms with Gasteiger partial charge in [0.2, 0.25) is 0 Å². The summed E-state index contributed by atoms with van der Waals surface area (Å²) in [6, 6.07) is 20.6. The maximum absolute atomic E-state index is 9.46. The standard InChI is InChI=1S/C22H24N2O2/c1-26-22-10-9-20(19-7-3-2-4-8-19)14-21(22)17-24(12-13-25)16-18-6-5-11-23-15-18/h2-11,14-15,25H,12-13,16-17H2,1H3. The van der Waals surface area contributed by atoms with E-state index in [1.807, 2.05) is 36.5 Å². The van der Waals surface area contributed by atoms with Crippen molar-refractivity contribution in [3.05, 3.63) is 84.2 Å². The first-order valence-electron chi connectivity index (χ1n) is 8.74. The number of rotatable bonds is 8. The van der Waals surface area contributed by atoms with Crippen molar-refractivity contribution in [3.63, 3.8) is 0 Å². The lowest BCUT2D eigenvalue weighted by Crippen LogP contribution is -2.26. The molecule has 4 nitrogen and oxygen atoms in total. The van der Waals surface area contributed by atoms with E-state index in [0.29, 0.717) is 13.1 Å². The number of methoxy groups -OCH3 is 1. The molecule has 134 valence electrons. The molecule has 2 aromatic carbocycles. The van der Waals surface area contributed by atoms with Crippen LogP contribution in [0.1, 0.15) is 11.1 Å². The summed E-state index contributed by atoms with van der Waals surface area (Å²) < 4.78 is 5.56. The molecule has 0 fully saturated rings. The molecule has 4 heteroatoms. The molecule has 1 aromatic heterocycles. The Balaban J connectivity index is 1.85. The van der Waals surface area contributed by atoms with E-state index in [2.05, 4.69) is 40.2 Å². The van der Waals surface area contributed by atoms with Gasteiger partial charge in [-0.1, -0.05) is 42.5 Å². The van der Waals surface area contributed by atoms with Crippen molar-refractivity contribution in [2.75, 3.05) is 20.3 Å². The van der Waals surface area contributed by atoms with Crippen molar-refractivity contribution in [1.82, 2.24) is 9.88 Å². The molecule has 0 bridgehead atoms. The van der Waals surface area contributed by atoms with Crippen LogP contribution in [0, 0.1) is 0 Å². The zero-order valence-electron chi connectivity index (χ0n) is 15.0. The summed E-state index contributed by atoms with van der Waals surface area (Å²) in [4.78, 5) is 6.38. The van der Waals surface area contributed by atoms with Crippen LogP contribution in [-0.4, -0.2) is 35.3 Å². The van der Waals surface area contributed by atoms with E-state index in [1.54, 1.807) is 13.3 Å². The Morgan fingerprint density at radius 3 is 2.50 bits per heavy atom. The maximum Gasteiger partial charge on any atom is 0.123 e. The van der Waals surface area contributed by atoms with Crippen LogP contribution in [0.25, 0.3) is 11.1 Å². The predicted octanol–water partition coefficient (Wildman–Crippen LogP) is 3.75. The van der Waals surface area contributed by atoms with Crippen molar-refractivity contribution >= 4 is 0 Å². The van der Waals surface area contributed by atoms with Crippen molar-refractivity contribution in [2.24, 2.45) is 0 Å². The quantitative estimate of drug-likeness (QED) is 0.673. The molecule has 0 aliphatic heterocycles. The van der Waals surface area contributed by atoms with Gasteiger partial charge in [0, 0.05) is 37.6 Å². The van der Waals surface area contributed by atoms with E-state index in [-0.39, 0.29) is 6.61 Å². The second-order valence-corrected chi connectivity index (χ2v) is 6.19. The Bertz CT molecular complexity index is 807. The smallest absolute Gasteiger partial charge is 0.123 e. The first kappa shape index (κ1) is 18.1. The second-order valence-electron chi connectivity index (χ2n) is 6.19. The minimum atomic E-state index is 0.112. The Kier molecular flexibility index (Phi) is 6.36. The highest BCUT2D eigenvalue weighted by Gasteiger charge is 2.12. The van der Waals surface area contributed by atoms with E-state index in [9.17, 15) is 5.11 Å². The molecule has 3 aromatic rings. The fraction of sp³-hybridized carbons (Fsp3) is 0.227. The minimum absolute atomic E-state index is 0.112. The molecule has 0 unspecified atom stereocenters. The number of nitrogens with zero attached hydrogens (tertiary/aromatic N) is 2. The number of benzene rings is 2. The molecule has 1 heterocycles. The Morgan fingerprint density at radius 2 is 1.81 bits per heavy atom. The summed E-state index contributed by atoms with van der Waals surface area (Å²) in [7, 11) is 1.69. The van der Waals surface area contributed by atoms with Gasteiger partial charge >= 0.3 is 0 Å². The third-order valence-corrected chi connectivity index (χ3v) is 4.33. The van der Waals surface area contributed by atoms with Crippen molar-refractivity contribution in [1.29, 1.82) is 0 Å². The normalized spacial score (nSPS) is 10.9. The van der Waals surface area contributed by atoms with Crippen molar-refractivity contribution in [2.45, 2.75) is 13.1 Å². The predicted molar refractivity (Wildman–Crippen MR) is 104 cm³/mol. The van der Waals surface area contributed by atoms with E-state index >= 15 is 0 Å². The Morgan fingerprint density at radius 1 is 0.962 bits per heavy atom. The van der Waals surface area contributed by atoms with Gasteiger partial charge in [-0.2, -0.15) is 0 Å². The number of aromatic nitrogens is 1. The summed E-state index contributed by atoms with van der Waals surface area (Å²) >= 11 is 0. The van der Waals surface area contributed by atoms with E-state index in [0.717, 1.165) is 29.0 Å². The minimum Gasteiger partial charge on any atom is -0.496 e. The van der Waals surface area contributed by atoms with Crippen molar-refractivity contribution < 1.29 is 9.84 Å². The third kappa shape index (κ3) is 4.69. The SMILES string of the molecule is COc1ccc(-c2ccccc2)cc1CN(CCO)Cc1cccnc1. The van der Waals surface area contributed by atoms with Crippen LogP contribution in [0.5, 0.6) is 5.75 Å². The largest absolute Gasteiger partial charge is 0.496 e. The van der Waals surface area contributed by atoms with Crippen LogP contribution < -0.4 is 4.74 Å². The molecule has 3 rings (SSSR count). The van der Waals surface area contributed by atoms with Gasteiger partial charge in [0.15, 0.2) is 0 Å². The van der Waals surface area contributed by atoms with Gasteiger partial charge < -0.3 is 9.84 Å². The number of aliphatic hydroxyl groups is 1. The highest BCUT2D eigenvalue weighted by Crippen LogP contribution is 2.28. The third-order valence-electron chi connectivity index (χ3n) is 4.33. The van der Waals surface area contributed by atoms with Gasteiger partial charge in [0.25, 0.3) is 0 Å². The van der Waals surface area contributed by atoms with Crippen LogP contribution in [0.2, 0.25) is 0 Å². The molecule has 26 heavy (non-hydrogen) atoms. The van der Waals surface area contributed by atoms with Gasteiger partial charge in [-0.3, -0.25) is 9.88 Å². The van der Waals surface area contributed by atoms with E-state index < -0.39 is 0 Å². The highest BCUT2D eigenvalue weighted by molar-refractivity contribution is 5.65. The zero-order valence-corrected chi connectivity index (χ0v) is 15.0. The van der Waals surface area contributed by atoms with Gasteiger partial charge in [-0.05, 0) is 34.9 Å². The first-order valence-corrected chi connectivity index (χ1v) is 8.74. The Labute approximate surface area is 154 Å². The lowest BCUT2D eigenvalue weighted by molar-refractivity contribution is 0.183. The number of hydrogen-bond acceptors (Lipinski definition) is 4. The van der Waals surface area contributed by atoms with Crippen LogP contribution >= 0.6 is 0 Å². The van der Waals surface area contributed by atoms with Crippen molar-refractivity contribution in [3.8, 4) is 16.9 Å². The molecule has 0 aliphatic rings. The Hall–Kier alpha value is -2.69. The van der Waals surface area contributed by atoms with Crippen LogP contribution in [0.15, 0.2) is 73.1 Å². The number of pyridine rings is 1. The van der Waals surface area contributed by atoms with E-state index in [1.165, 1.54) is 5.56 Å². The number of hydrogen-bond donors (Lipinski definition) is 1. The summed E-state index contributed by atoms with van der Waals surface area (Å²) in [5.41, 5.74) is 4.56. The first-order chi connectivity index (χ1) is 12.8. The van der Waals surface area contributed by atoms with Gasteiger partial charge in [-0.15, -0.1) is 0 Å². The average Bonchev–Trinajstić information content (AvgIpc) is 2.69. The van der Waals surface area contributed by atoms with Crippen LogP contribution in [0.4, 0.5) is 0 Å². The van der Waals surface area contributed by atoms with E-state index in [4.69, 9.17) is 4.74 Å². The highest BCUT2D eigenvalue weighted by atomic mass is 16.5. The molecule has 0 radical (unpaired) electrons. The van der Waals surface area contributed by atoms with Gasteiger partial charge in [0.1, 0.15) is 5.75 Å². The molecule has 1 N–H and O–H groups in total. The molecule has 0 saturated heterocycles. The zero-order chi connectivity index (χ0) is 18.2. The summed E-state index contributed by atoms with van der Waals surface area (Å²) in [5.74, 6) is 0.860. The summed E-state index contributed by atoms with van der Waals surface area (Å²) in [6.45, 7) is 2.13. The van der Waals surface area contributed by atoms with Crippen LogP contribution in [0.3, 0.4) is 0 Å². The average molecular weight is 348 g/mol. The molecular weight excluding hydrogens is 324 g/mol. The molecule has 0 aliphatic carbocycles. The summed E-state index contributed by atoms with van der Waals surface area (Å²) in [5, 5.41) is 9.46. The molecule has 0 saturated carbocycles. The number of aliphatic hydroxyl groups excluding tert-OH is 1. The monoisotopic (exact) mass is 348 g/mol. The van der Waals surface area contributed by atoms with Gasteiger partial charge in [-0.25, -0.2) is 0 Å². The fourth-order valence-corrected chi connectivity index (χ4v) is 3.06. The lowest BCUT2D eigenvalue weighted by atomic mass is 10.0. The molecular formula is C22H24N2O2. The van der Waals surface area contributed by atoms with Gasteiger partial charge in [0.05, 0.1) is 13.7 Å². The molecule has 0 atom stereocenters. The lowest BCUT2D eigenvalue weighted by Gasteiger charge is -2.23. The van der Waals surface area contributed by atoms with Crippen LogP contribution in [-0.2, 0) is 13.1 Å².